The molecule has 0 radical (unpaired) electrons. The fraction of sp³-hybridized carbons (Fsp3) is 0.182. The summed E-state index contributed by atoms with van der Waals surface area (Å²) in [6, 6.07) is 12.8. The van der Waals surface area contributed by atoms with E-state index in [1.807, 2.05) is 31.2 Å². The number of terminal acetylenes is 1. The summed E-state index contributed by atoms with van der Waals surface area (Å²) in [6.45, 7) is 4.01. The molecule has 3 aromatic rings. The highest BCUT2D eigenvalue weighted by Gasteiger charge is 2.34. The molecule has 0 unspecified atom stereocenters. The lowest BCUT2D eigenvalue weighted by molar-refractivity contribution is -0.137. The van der Waals surface area contributed by atoms with E-state index in [9.17, 15) is 13.2 Å². The molecule has 0 aliphatic heterocycles. The minimum Gasteiger partial charge on any atom is -0.265 e. The number of hydrogen-bond donors (Lipinski definition) is 0. The first-order valence-electron chi connectivity index (χ1n) is 8.46. The van der Waals surface area contributed by atoms with Crippen LogP contribution in [0, 0.1) is 37.5 Å². The van der Waals surface area contributed by atoms with Crippen molar-refractivity contribution in [2.45, 2.75) is 26.6 Å². The molecule has 0 saturated heterocycles. The van der Waals surface area contributed by atoms with Gasteiger partial charge >= 0.3 is 6.18 Å². The maximum Gasteiger partial charge on any atom is 0.417 e. The SMILES string of the molecule is C#Cc1cccc(Cn2nc(C)c(-c3ccc(C#N)c(C(F)(F)F)c3)c2C)c1. The van der Waals surface area contributed by atoms with E-state index >= 15 is 0 Å². The molecule has 2 aromatic carbocycles. The van der Waals surface area contributed by atoms with E-state index in [4.69, 9.17) is 11.7 Å². The smallest absolute Gasteiger partial charge is 0.265 e. The normalized spacial score (nSPS) is 11.1. The summed E-state index contributed by atoms with van der Waals surface area (Å²) in [5.41, 5.74) is 2.72. The summed E-state index contributed by atoms with van der Waals surface area (Å²) >= 11 is 0. The lowest BCUT2D eigenvalue weighted by Crippen LogP contribution is -2.08. The van der Waals surface area contributed by atoms with Crippen molar-refractivity contribution >= 4 is 0 Å². The van der Waals surface area contributed by atoms with Crippen molar-refractivity contribution in [3.05, 3.63) is 76.1 Å². The highest BCUT2D eigenvalue weighted by Crippen LogP contribution is 2.36. The molecule has 0 saturated carbocycles. The Labute approximate surface area is 161 Å². The molecule has 0 aliphatic carbocycles. The highest BCUT2D eigenvalue weighted by molar-refractivity contribution is 5.70. The molecular formula is C22H16F3N3. The number of aromatic nitrogens is 2. The van der Waals surface area contributed by atoms with Crippen LogP contribution in [0.15, 0.2) is 42.5 Å². The second-order valence-electron chi connectivity index (χ2n) is 6.42. The Morgan fingerprint density at radius 3 is 2.54 bits per heavy atom. The van der Waals surface area contributed by atoms with Crippen LogP contribution in [0.4, 0.5) is 13.2 Å². The van der Waals surface area contributed by atoms with Gasteiger partial charge in [0.25, 0.3) is 0 Å². The molecule has 0 atom stereocenters. The molecule has 1 aromatic heterocycles. The molecule has 0 aliphatic rings. The van der Waals surface area contributed by atoms with Gasteiger partial charge in [0.2, 0.25) is 0 Å². The average Bonchev–Trinajstić information content (AvgIpc) is 2.94. The molecule has 0 bridgehead atoms. The minimum absolute atomic E-state index is 0.380. The van der Waals surface area contributed by atoms with Gasteiger partial charge in [0.05, 0.1) is 29.4 Å². The lowest BCUT2D eigenvalue weighted by atomic mass is 9.98. The highest BCUT2D eigenvalue weighted by atomic mass is 19.4. The van der Waals surface area contributed by atoms with Gasteiger partial charge in [-0.25, -0.2) is 0 Å². The third-order valence-corrected chi connectivity index (χ3v) is 4.54. The zero-order chi connectivity index (χ0) is 20.5. The first kappa shape index (κ1) is 19.3. The van der Waals surface area contributed by atoms with Crippen molar-refractivity contribution in [2.75, 3.05) is 0 Å². The van der Waals surface area contributed by atoms with Gasteiger partial charge in [0.15, 0.2) is 0 Å². The van der Waals surface area contributed by atoms with Crippen LogP contribution in [0.2, 0.25) is 0 Å². The van der Waals surface area contributed by atoms with Crippen molar-refractivity contribution in [3.8, 4) is 29.5 Å². The van der Waals surface area contributed by atoms with E-state index in [0.717, 1.165) is 22.9 Å². The zero-order valence-corrected chi connectivity index (χ0v) is 15.3. The number of halogens is 3. The molecule has 1 heterocycles. The lowest BCUT2D eigenvalue weighted by Gasteiger charge is -2.11. The van der Waals surface area contributed by atoms with E-state index in [2.05, 4.69) is 11.0 Å². The Balaban J connectivity index is 2.05. The van der Waals surface area contributed by atoms with Crippen molar-refractivity contribution < 1.29 is 13.2 Å². The monoisotopic (exact) mass is 379 g/mol. The van der Waals surface area contributed by atoms with Gasteiger partial charge in [0.1, 0.15) is 0 Å². The number of benzene rings is 2. The number of alkyl halides is 3. The van der Waals surface area contributed by atoms with Gasteiger partial charge in [-0.3, -0.25) is 4.68 Å². The first-order valence-corrected chi connectivity index (χ1v) is 8.46. The van der Waals surface area contributed by atoms with Crippen LogP contribution in [0.3, 0.4) is 0 Å². The van der Waals surface area contributed by atoms with Crippen LogP contribution in [0.25, 0.3) is 11.1 Å². The topological polar surface area (TPSA) is 41.6 Å². The van der Waals surface area contributed by atoms with Crippen molar-refractivity contribution in [1.82, 2.24) is 9.78 Å². The number of hydrogen-bond acceptors (Lipinski definition) is 2. The zero-order valence-electron chi connectivity index (χ0n) is 15.3. The van der Waals surface area contributed by atoms with Crippen LogP contribution < -0.4 is 0 Å². The molecule has 0 amide bonds. The van der Waals surface area contributed by atoms with Crippen LogP contribution >= 0.6 is 0 Å². The molecule has 3 nitrogen and oxygen atoms in total. The number of aryl methyl sites for hydroxylation is 1. The molecule has 28 heavy (non-hydrogen) atoms. The van der Waals surface area contributed by atoms with Gasteiger partial charge in [0, 0.05) is 16.8 Å². The second kappa shape index (κ2) is 7.25. The summed E-state index contributed by atoms with van der Waals surface area (Å²) in [6.07, 6.45) is 0.829. The van der Waals surface area contributed by atoms with Gasteiger partial charge in [-0.15, -0.1) is 6.42 Å². The standard InChI is InChI=1S/C22H16F3N3/c1-4-16-6-5-7-17(10-16)13-28-15(3)21(14(2)27-28)18-8-9-19(12-26)20(11-18)22(23,24)25/h1,5-11H,13H2,2-3H3. The molecule has 3 rings (SSSR count). The van der Waals surface area contributed by atoms with Gasteiger partial charge in [-0.2, -0.15) is 23.5 Å². The third kappa shape index (κ3) is 3.63. The van der Waals surface area contributed by atoms with Crippen LogP contribution in [-0.2, 0) is 12.7 Å². The molecular weight excluding hydrogens is 363 g/mol. The second-order valence-corrected chi connectivity index (χ2v) is 6.42. The van der Waals surface area contributed by atoms with Crippen LogP contribution in [0.1, 0.15) is 33.6 Å². The van der Waals surface area contributed by atoms with E-state index in [0.29, 0.717) is 23.4 Å². The number of nitrogens with zero attached hydrogens (tertiary/aromatic N) is 3. The molecule has 0 spiro atoms. The van der Waals surface area contributed by atoms with Gasteiger partial charge in [-0.1, -0.05) is 24.1 Å². The third-order valence-electron chi connectivity index (χ3n) is 4.54. The molecule has 0 fully saturated rings. The van der Waals surface area contributed by atoms with E-state index < -0.39 is 17.3 Å². The summed E-state index contributed by atoms with van der Waals surface area (Å²) in [7, 11) is 0. The summed E-state index contributed by atoms with van der Waals surface area (Å²) < 4.78 is 41.7. The van der Waals surface area contributed by atoms with Crippen molar-refractivity contribution in [3.63, 3.8) is 0 Å². The Hall–Kier alpha value is -3.51. The van der Waals surface area contributed by atoms with Crippen LogP contribution in [-0.4, -0.2) is 9.78 Å². The van der Waals surface area contributed by atoms with E-state index in [1.165, 1.54) is 12.1 Å². The number of rotatable bonds is 3. The van der Waals surface area contributed by atoms with Crippen LogP contribution in [0.5, 0.6) is 0 Å². The Bertz CT molecular complexity index is 1130. The number of nitriles is 1. The Morgan fingerprint density at radius 2 is 1.89 bits per heavy atom. The van der Waals surface area contributed by atoms with Crippen molar-refractivity contribution in [2.24, 2.45) is 0 Å². The van der Waals surface area contributed by atoms with Crippen molar-refractivity contribution in [1.29, 1.82) is 5.26 Å². The van der Waals surface area contributed by atoms with Gasteiger partial charge in [-0.05, 0) is 49.2 Å². The predicted molar refractivity (Wildman–Crippen MR) is 100 cm³/mol. The summed E-state index contributed by atoms with van der Waals surface area (Å²) in [5, 5.41) is 13.5. The fourth-order valence-corrected chi connectivity index (χ4v) is 3.23. The minimum atomic E-state index is -4.60. The first-order chi connectivity index (χ1) is 13.2. The average molecular weight is 379 g/mol. The van der Waals surface area contributed by atoms with E-state index in [1.54, 1.807) is 17.7 Å². The fourth-order valence-electron chi connectivity index (χ4n) is 3.23. The Morgan fingerprint density at radius 1 is 1.14 bits per heavy atom. The van der Waals surface area contributed by atoms with E-state index in [-0.39, 0.29) is 0 Å². The Kier molecular flexibility index (Phi) is 4.98. The predicted octanol–water partition coefficient (Wildman–Crippen LogP) is 5.09. The molecule has 140 valence electrons. The quantitative estimate of drug-likeness (QED) is 0.595. The molecule has 6 heteroatoms. The van der Waals surface area contributed by atoms with Gasteiger partial charge < -0.3 is 0 Å². The summed E-state index contributed by atoms with van der Waals surface area (Å²) in [4.78, 5) is 0. The maximum absolute atomic E-state index is 13.3. The molecule has 0 N–H and O–H groups in total. The summed E-state index contributed by atoms with van der Waals surface area (Å²) in [5.74, 6) is 2.58. The largest absolute Gasteiger partial charge is 0.417 e. The maximum atomic E-state index is 13.3.